The van der Waals surface area contributed by atoms with Gasteiger partial charge in [-0.3, -0.25) is 4.90 Å². The van der Waals surface area contributed by atoms with Gasteiger partial charge in [-0.25, -0.2) is 4.39 Å². The molecule has 0 N–H and O–H groups in total. The van der Waals surface area contributed by atoms with Crippen molar-refractivity contribution in [3.05, 3.63) is 29.6 Å². The number of hydrogen-bond acceptors (Lipinski definition) is 2. The number of halogens is 2. The highest BCUT2D eigenvalue weighted by molar-refractivity contribution is 9.09. The zero-order valence-electron chi connectivity index (χ0n) is 10.1. The monoisotopic (exact) mass is 301 g/mol. The van der Waals surface area contributed by atoms with E-state index in [0.717, 1.165) is 29.6 Å². The lowest BCUT2D eigenvalue weighted by Crippen LogP contribution is -2.38. The molecule has 0 radical (unpaired) electrons. The van der Waals surface area contributed by atoms with Crippen LogP contribution < -0.4 is 4.74 Å². The van der Waals surface area contributed by atoms with Crippen molar-refractivity contribution in [2.75, 3.05) is 18.9 Å². The maximum absolute atomic E-state index is 13.1. The molecule has 17 heavy (non-hydrogen) atoms. The predicted octanol–water partition coefficient (Wildman–Crippen LogP) is 2.84. The fourth-order valence-electron chi connectivity index (χ4n) is 2.01. The molecule has 1 aliphatic rings. The van der Waals surface area contributed by atoms with Gasteiger partial charge in [-0.2, -0.15) is 0 Å². The number of benzene rings is 1. The van der Waals surface area contributed by atoms with Crippen molar-refractivity contribution in [1.29, 1.82) is 0 Å². The second-order valence-electron chi connectivity index (χ2n) is 4.64. The van der Waals surface area contributed by atoms with Crippen LogP contribution in [0.4, 0.5) is 4.39 Å². The second kappa shape index (κ2) is 5.36. The quantitative estimate of drug-likeness (QED) is 0.793. The fourth-order valence-corrected chi connectivity index (χ4v) is 2.50. The minimum absolute atomic E-state index is 0.137. The molecule has 1 aromatic carbocycles. The lowest BCUT2D eigenvalue weighted by Gasteiger charge is -2.25. The first-order chi connectivity index (χ1) is 8.10. The van der Waals surface area contributed by atoms with Crippen molar-refractivity contribution < 1.29 is 9.13 Å². The maximum Gasteiger partial charge on any atom is 0.123 e. The Labute approximate surface area is 110 Å². The molecule has 1 aliphatic heterocycles. The van der Waals surface area contributed by atoms with Crippen molar-refractivity contribution in [3.8, 4) is 5.75 Å². The molecule has 2 atom stereocenters. The van der Waals surface area contributed by atoms with Gasteiger partial charge in [0.05, 0.1) is 0 Å². The molecule has 0 bridgehead atoms. The van der Waals surface area contributed by atoms with Gasteiger partial charge in [-0.05, 0) is 32.2 Å². The zero-order valence-corrected chi connectivity index (χ0v) is 11.7. The van der Waals surface area contributed by atoms with E-state index >= 15 is 0 Å². The van der Waals surface area contributed by atoms with Crippen LogP contribution in [0, 0.1) is 5.82 Å². The normalized spacial score (nSPS) is 20.2. The summed E-state index contributed by atoms with van der Waals surface area (Å²) in [4.78, 5) is 2.25. The van der Waals surface area contributed by atoms with Gasteiger partial charge < -0.3 is 4.74 Å². The van der Waals surface area contributed by atoms with Crippen molar-refractivity contribution in [2.45, 2.75) is 25.5 Å². The maximum atomic E-state index is 13.1. The van der Waals surface area contributed by atoms with Crippen LogP contribution >= 0.6 is 15.9 Å². The Morgan fingerprint density at radius 2 is 2.35 bits per heavy atom. The molecule has 0 fully saturated rings. The van der Waals surface area contributed by atoms with Gasteiger partial charge in [-0.15, -0.1) is 0 Å². The third-order valence-corrected chi connectivity index (χ3v) is 4.17. The molecule has 0 aromatic heterocycles. The Bertz CT molecular complexity index is 399. The van der Waals surface area contributed by atoms with Crippen LogP contribution in [-0.4, -0.2) is 36.0 Å². The molecule has 2 rings (SSSR count). The highest BCUT2D eigenvalue weighted by Gasteiger charge is 2.25. The van der Waals surface area contributed by atoms with Gasteiger partial charge in [-0.1, -0.05) is 15.9 Å². The highest BCUT2D eigenvalue weighted by atomic mass is 79.9. The Morgan fingerprint density at radius 3 is 3.06 bits per heavy atom. The molecule has 1 heterocycles. The summed E-state index contributed by atoms with van der Waals surface area (Å²) in [6, 6.07) is 5.22. The average Bonchev–Trinajstić information content (AvgIpc) is 2.69. The Morgan fingerprint density at radius 1 is 1.59 bits per heavy atom. The molecule has 2 unspecified atom stereocenters. The summed E-state index contributed by atoms with van der Waals surface area (Å²) in [6.45, 7) is 3.03. The van der Waals surface area contributed by atoms with Gasteiger partial charge in [0, 0.05) is 29.9 Å². The average molecular weight is 302 g/mol. The Balaban J connectivity index is 1.96. The minimum Gasteiger partial charge on any atom is -0.488 e. The number of fused-ring (bicyclic) bond motifs is 1. The minimum atomic E-state index is -0.185. The molecular formula is C13H17BrFNO. The fraction of sp³-hybridized carbons (Fsp3) is 0.538. The molecule has 0 spiro atoms. The van der Waals surface area contributed by atoms with Crippen LogP contribution in [0.2, 0.25) is 0 Å². The number of rotatable bonds is 4. The van der Waals surface area contributed by atoms with Gasteiger partial charge in [0.1, 0.15) is 17.7 Å². The van der Waals surface area contributed by atoms with Crippen LogP contribution in [0.1, 0.15) is 12.5 Å². The molecule has 0 saturated heterocycles. The van der Waals surface area contributed by atoms with Gasteiger partial charge in [0.2, 0.25) is 0 Å². The summed E-state index contributed by atoms with van der Waals surface area (Å²) >= 11 is 3.47. The molecule has 4 heteroatoms. The summed E-state index contributed by atoms with van der Waals surface area (Å²) < 4.78 is 18.9. The first-order valence-electron chi connectivity index (χ1n) is 5.81. The lowest BCUT2D eigenvalue weighted by atomic mass is 10.1. The number of alkyl halides is 1. The molecule has 0 amide bonds. The van der Waals surface area contributed by atoms with E-state index in [1.165, 1.54) is 6.07 Å². The largest absolute Gasteiger partial charge is 0.488 e. The van der Waals surface area contributed by atoms with Crippen molar-refractivity contribution in [1.82, 2.24) is 4.90 Å². The van der Waals surface area contributed by atoms with E-state index < -0.39 is 0 Å². The van der Waals surface area contributed by atoms with Crippen LogP contribution in [-0.2, 0) is 6.42 Å². The number of likely N-dealkylation sites (N-methyl/N-ethyl adjacent to an activating group) is 1. The van der Waals surface area contributed by atoms with E-state index in [4.69, 9.17) is 4.74 Å². The first kappa shape index (κ1) is 12.8. The van der Waals surface area contributed by atoms with E-state index in [9.17, 15) is 4.39 Å². The third-order valence-electron chi connectivity index (χ3n) is 3.23. The van der Waals surface area contributed by atoms with E-state index in [0.29, 0.717) is 6.04 Å². The molecule has 0 aliphatic carbocycles. The molecule has 94 valence electrons. The third kappa shape index (κ3) is 2.99. The first-order valence-corrected chi connectivity index (χ1v) is 6.93. The summed E-state index contributed by atoms with van der Waals surface area (Å²) in [5, 5.41) is 0.942. The summed E-state index contributed by atoms with van der Waals surface area (Å²) in [7, 11) is 2.08. The standard InChI is InChI=1S/C13H17BrFNO/c1-9(7-14)16(2)8-12-6-10-5-11(15)3-4-13(10)17-12/h3-5,9,12H,6-8H2,1-2H3. The van der Waals surface area contributed by atoms with Gasteiger partial charge in [0.25, 0.3) is 0 Å². The van der Waals surface area contributed by atoms with E-state index in [1.54, 1.807) is 12.1 Å². The van der Waals surface area contributed by atoms with Crippen molar-refractivity contribution in [2.24, 2.45) is 0 Å². The smallest absolute Gasteiger partial charge is 0.123 e. The van der Waals surface area contributed by atoms with E-state index in [1.807, 2.05) is 0 Å². The van der Waals surface area contributed by atoms with Crippen molar-refractivity contribution in [3.63, 3.8) is 0 Å². The zero-order chi connectivity index (χ0) is 12.4. The van der Waals surface area contributed by atoms with Crippen LogP contribution in [0.5, 0.6) is 5.75 Å². The SMILES string of the molecule is CC(CBr)N(C)CC1Cc2cc(F)ccc2O1. The number of ether oxygens (including phenoxy) is 1. The molecule has 2 nitrogen and oxygen atoms in total. The van der Waals surface area contributed by atoms with E-state index in [2.05, 4.69) is 34.8 Å². The predicted molar refractivity (Wildman–Crippen MR) is 70.4 cm³/mol. The topological polar surface area (TPSA) is 12.5 Å². The molecule has 0 saturated carbocycles. The molecule has 1 aromatic rings. The summed E-state index contributed by atoms with van der Waals surface area (Å²) in [5.74, 6) is 0.645. The summed E-state index contributed by atoms with van der Waals surface area (Å²) in [5.41, 5.74) is 0.981. The van der Waals surface area contributed by atoms with Gasteiger partial charge in [0.15, 0.2) is 0 Å². The second-order valence-corrected chi connectivity index (χ2v) is 5.29. The lowest BCUT2D eigenvalue weighted by molar-refractivity contribution is 0.151. The number of hydrogen-bond donors (Lipinski definition) is 0. The number of nitrogens with zero attached hydrogens (tertiary/aromatic N) is 1. The van der Waals surface area contributed by atoms with Crippen LogP contribution in [0.3, 0.4) is 0 Å². The Kier molecular flexibility index (Phi) is 4.05. The van der Waals surface area contributed by atoms with Crippen LogP contribution in [0.15, 0.2) is 18.2 Å². The van der Waals surface area contributed by atoms with Gasteiger partial charge >= 0.3 is 0 Å². The summed E-state index contributed by atoms with van der Waals surface area (Å²) in [6.07, 6.45) is 0.935. The van der Waals surface area contributed by atoms with Crippen molar-refractivity contribution >= 4 is 15.9 Å². The van der Waals surface area contributed by atoms with Crippen LogP contribution in [0.25, 0.3) is 0 Å². The Hall–Kier alpha value is -0.610. The highest BCUT2D eigenvalue weighted by Crippen LogP contribution is 2.29. The van der Waals surface area contributed by atoms with E-state index in [-0.39, 0.29) is 11.9 Å². The molecular weight excluding hydrogens is 285 g/mol.